The van der Waals surface area contributed by atoms with E-state index in [4.69, 9.17) is 10.5 Å². The Labute approximate surface area is 192 Å². The lowest BCUT2D eigenvalue weighted by Gasteiger charge is -2.12. The van der Waals surface area contributed by atoms with E-state index in [1.54, 1.807) is 30.3 Å². The summed E-state index contributed by atoms with van der Waals surface area (Å²) in [6.45, 7) is 3.46. The molecule has 0 bridgehead atoms. The van der Waals surface area contributed by atoms with Gasteiger partial charge in [-0.25, -0.2) is 8.42 Å². The zero-order valence-corrected chi connectivity index (χ0v) is 19.1. The Balaban J connectivity index is 1.56. The summed E-state index contributed by atoms with van der Waals surface area (Å²) in [7, 11) is -3.77. The fraction of sp³-hybridized carbons (Fsp3) is 0.167. The first kappa shape index (κ1) is 23.8. The SMILES string of the molecule is Cc1ccc(C)c(NS(=O)(=O)c2ccc(OCC(=O)Nc3ccc(CC(N)=O)cc3)cc2)c1. The molecule has 3 aromatic rings. The minimum absolute atomic E-state index is 0.0799. The lowest BCUT2D eigenvalue weighted by atomic mass is 10.1. The first-order chi connectivity index (χ1) is 15.6. The van der Waals surface area contributed by atoms with Gasteiger partial charge in [0.1, 0.15) is 5.75 Å². The number of hydrogen-bond acceptors (Lipinski definition) is 5. The molecule has 0 aliphatic heterocycles. The Morgan fingerprint density at radius 2 is 1.61 bits per heavy atom. The van der Waals surface area contributed by atoms with Gasteiger partial charge in [0.25, 0.3) is 15.9 Å². The number of benzene rings is 3. The fourth-order valence-corrected chi connectivity index (χ4v) is 4.14. The number of nitrogens with one attached hydrogen (secondary N) is 2. The van der Waals surface area contributed by atoms with Crippen molar-refractivity contribution in [2.75, 3.05) is 16.6 Å². The van der Waals surface area contributed by atoms with Gasteiger partial charge >= 0.3 is 0 Å². The molecule has 0 saturated carbocycles. The Hall–Kier alpha value is -3.85. The third kappa shape index (κ3) is 6.81. The quantitative estimate of drug-likeness (QED) is 0.445. The first-order valence-electron chi connectivity index (χ1n) is 10.1. The zero-order valence-electron chi connectivity index (χ0n) is 18.3. The largest absolute Gasteiger partial charge is 0.484 e. The van der Waals surface area contributed by atoms with Crippen molar-refractivity contribution in [1.82, 2.24) is 0 Å². The monoisotopic (exact) mass is 467 g/mol. The van der Waals surface area contributed by atoms with Crippen LogP contribution in [0.15, 0.2) is 71.6 Å². The van der Waals surface area contributed by atoms with Crippen LogP contribution in [0.3, 0.4) is 0 Å². The highest BCUT2D eigenvalue weighted by Crippen LogP contribution is 2.22. The molecule has 0 aromatic heterocycles. The molecule has 0 heterocycles. The Morgan fingerprint density at radius 3 is 2.24 bits per heavy atom. The van der Waals surface area contributed by atoms with Gasteiger partial charge in [-0.2, -0.15) is 0 Å². The van der Waals surface area contributed by atoms with Crippen LogP contribution >= 0.6 is 0 Å². The first-order valence-corrected chi connectivity index (χ1v) is 11.6. The second-order valence-corrected chi connectivity index (χ2v) is 9.25. The second-order valence-electron chi connectivity index (χ2n) is 7.57. The van der Waals surface area contributed by atoms with E-state index in [-0.39, 0.29) is 23.8 Å². The van der Waals surface area contributed by atoms with Gasteiger partial charge in [-0.3, -0.25) is 14.3 Å². The summed E-state index contributed by atoms with van der Waals surface area (Å²) in [6.07, 6.45) is 0.128. The van der Waals surface area contributed by atoms with E-state index in [1.807, 2.05) is 26.0 Å². The number of sulfonamides is 1. The highest BCUT2D eigenvalue weighted by atomic mass is 32.2. The molecule has 0 fully saturated rings. The molecule has 2 amide bonds. The average Bonchev–Trinajstić information content (AvgIpc) is 2.76. The molecule has 0 unspecified atom stereocenters. The normalized spacial score (nSPS) is 11.0. The van der Waals surface area contributed by atoms with Crippen LogP contribution in [0.4, 0.5) is 11.4 Å². The molecule has 0 atom stereocenters. The summed E-state index contributed by atoms with van der Waals surface area (Å²) in [5, 5.41) is 2.68. The lowest BCUT2D eigenvalue weighted by molar-refractivity contribution is -0.118. The minimum atomic E-state index is -3.77. The van der Waals surface area contributed by atoms with E-state index in [0.29, 0.717) is 17.1 Å². The summed E-state index contributed by atoms with van der Waals surface area (Å²) in [6, 6.07) is 18.1. The molecule has 172 valence electrons. The molecule has 0 saturated heterocycles. The van der Waals surface area contributed by atoms with Crippen LogP contribution in [0.2, 0.25) is 0 Å². The number of carbonyl (C=O) groups is 2. The van der Waals surface area contributed by atoms with E-state index in [0.717, 1.165) is 16.7 Å². The molecular formula is C24H25N3O5S. The van der Waals surface area contributed by atoms with E-state index >= 15 is 0 Å². The Kier molecular flexibility index (Phi) is 7.34. The maximum Gasteiger partial charge on any atom is 0.262 e. The molecule has 0 aliphatic carbocycles. The molecule has 4 N–H and O–H groups in total. The molecule has 33 heavy (non-hydrogen) atoms. The van der Waals surface area contributed by atoms with Crippen molar-refractivity contribution in [2.24, 2.45) is 5.73 Å². The lowest BCUT2D eigenvalue weighted by Crippen LogP contribution is -2.20. The van der Waals surface area contributed by atoms with Crippen LogP contribution in [0, 0.1) is 13.8 Å². The molecule has 8 nitrogen and oxygen atoms in total. The van der Waals surface area contributed by atoms with E-state index in [1.165, 1.54) is 24.3 Å². The van der Waals surface area contributed by atoms with Gasteiger partial charge < -0.3 is 15.8 Å². The van der Waals surface area contributed by atoms with Crippen molar-refractivity contribution in [3.8, 4) is 5.75 Å². The van der Waals surface area contributed by atoms with Gasteiger partial charge in [0.15, 0.2) is 6.61 Å². The van der Waals surface area contributed by atoms with Crippen molar-refractivity contribution >= 4 is 33.2 Å². The predicted molar refractivity (Wildman–Crippen MR) is 127 cm³/mol. The number of rotatable bonds is 9. The topological polar surface area (TPSA) is 128 Å². The molecule has 3 aromatic carbocycles. The third-order valence-corrected chi connectivity index (χ3v) is 6.14. The number of hydrogen-bond donors (Lipinski definition) is 3. The van der Waals surface area contributed by atoms with Crippen LogP contribution < -0.4 is 20.5 Å². The van der Waals surface area contributed by atoms with Gasteiger partial charge in [0.2, 0.25) is 5.91 Å². The summed E-state index contributed by atoms with van der Waals surface area (Å²) in [5.41, 5.74) is 8.74. The van der Waals surface area contributed by atoms with Gasteiger partial charge in [-0.15, -0.1) is 0 Å². The number of anilines is 2. The van der Waals surface area contributed by atoms with E-state index in [9.17, 15) is 18.0 Å². The Bertz CT molecular complexity index is 1250. The number of primary amides is 1. The zero-order chi connectivity index (χ0) is 24.0. The van der Waals surface area contributed by atoms with Crippen molar-refractivity contribution in [3.05, 3.63) is 83.4 Å². The highest BCUT2D eigenvalue weighted by molar-refractivity contribution is 7.92. The summed E-state index contributed by atoms with van der Waals surface area (Å²) >= 11 is 0. The molecule has 9 heteroatoms. The summed E-state index contributed by atoms with van der Waals surface area (Å²) < 4.78 is 33.4. The maximum atomic E-state index is 12.7. The molecule has 0 spiro atoms. The van der Waals surface area contributed by atoms with Crippen LogP contribution in [0.1, 0.15) is 16.7 Å². The van der Waals surface area contributed by atoms with Gasteiger partial charge in [-0.05, 0) is 73.0 Å². The van der Waals surface area contributed by atoms with Crippen molar-refractivity contribution in [3.63, 3.8) is 0 Å². The molecular weight excluding hydrogens is 442 g/mol. The number of aryl methyl sites for hydroxylation is 2. The van der Waals surface area contributed by atoms with Crippen LogP contribution in [-0.2, 0) is 26.0 Å². The smallest absolute Gasteiger partial charge is 0.262 e. The predicted octanol–water partition coefficient (Wildman–Crippen LogP) is 3.15. The Morgan fingerprint density at radius 1 is 0.939 bits per heavy atom. The average molecular weight is 468 g/mol. The van der Waals surface area contributed by atoms with E-state index in [2.05, 4.69) is 10.0 Å². The maximum absolute atomic E-state index is 12.7. The minimum Gasteiger partial charge on any atom is -0.484 e. The molecule has 3 rings (SSSR count). The van der Waals surface area contributed by atoms with Crippen molar-refractivity contribution < 1.29 is 22.7 Å². The van der Waals surface area contributed by atoms with Crippen LogP contribution in [-0.4, -0.2) is 26.8 Å². The van der Waals surface area contributed by atoms with Crippen molar-refractivity contribution in [1.29, 1.82) is 0 Å². The summed E-state index contributed by atoms with van der Waals surface area (Å²) in [5.74, 6) is -0.460. The number of ether oxygens (including phenoxy) is 1. The number of amides is 2. The second kappa shape index (κ2) is 10.2. The number of carbonyl (C=O) groups excluding carboxylic acids is 2. The number of nitrogens with two attached hydrogens (primary N) is 1. The van der Waals surface area contributed by atoms with Crippen LogP contribution in [0.25, 0.3) is 0 Å². The standard InChI is InChI=1S/C24H25N3O5S/c1-16-3-4-17(2)22(13-16)27-33(30,31)21-11-9-20(10-12-21)32-15-24(29)26-19-7-5-18(6-8-19)14-23(25)28/h3-13,27H,14-15H2,1-2H3,(H2,25,28)(H,26,29). The van der Waals surface area contributed by atoms with Crippen molar-refractivity contribution in [2.45, 2.75) is 25.2 Å². The summed E-state index contributed by atoms with van der Waals surface area (Å²) in [4.78, 5) is 23.1. The fourth-order valence-electron chi connectivity index (χ4n) is 3.02. The highest BCUT2D eigenvalue weighted by Gasteiger charge is 2.16. The molecule has 0 aliphatic rings. The van der Waals surface area contributed by atoms with Gasteiger partial charge in [0.05, 0.1) is 17.0 Å². The van der Waals surface area contributed by atoms with E-state index < -0.39 is 15.9 Å². The third-order valence-electron chi connectivity index (χ3n) is 4.76. The van der Waals surface area contributed by atoms with Crippen LogP contribution in [0.5, 0.6) is 5.75 Å². The van der Waals surface area contributed by atoms with Gasteiger partial charge in [0, 0.05) is 5.69 Å². The van der Waals surface area contributed by atoms with Gasteiger partial charge in [-0.1, -0.05) is 24.3 Å². The molecule has 0 radical (unpaired) electrons.